The molecule has 1 aromatic carbocycles. The summed E-state index contributed by atoms with van der Waals surface area (Å²) >= 11 is 0. The first-order chi connectivity index (χ1) is 10.2. The van der Waals surface area contributed by atoms with Gasteiger partial charge in [-0.1, -0.05) is 51.1 Å². The van der Waals surface area contributed by atoms with Gasteiger partial charge in [0.25, 0.3) is 0 Å². The van der Waals surface area contributed by atoms with Crippen LogP contribution in [-0.2, 0) is 4.74 Å². The van der Waals surface area contributed by atoms with Crippen molar-refractivity contribution in [3.05, 3.63) is 35.9 Å². The second kappa shape index (κ2) is 8.52. The van der Waals surface area contributed by atoms with Crippen molar-refractivity contribution in [3.63, 3.8) is 0 Å². The molecule has 2 unspecified atom stereocenters. The molecule has 1 saturated heterocycles. The lowest BCUT2D eigenvalue weighted by Gasteiger charge is -2.39. The fourth-order valence-electron chi connectivity index (χ4n) is 3.40. The summed E-state index contributed by atoms with van der Waals surface area (Å²) in [4.78, 5) is 2.62. The van der Waals surface area contributed by atoms with Gasteiger partial charge < -0.3 is 10.1 Å². The third kappa shape index (κ3) is 4.53. The Morgan fingerprint density at radius 3 is 2.57 bits per heavy atom. The minimum atomic E-state index is 0.384. The maximum Gasteiger partial charge on any atom is 0.0593 e. The zero-order chi connectivity index (χ0) is 15.1. The van der Waals surface area contributed by atoms with Crippen molar-refractivity contribution in [2.24, 2.45) is 5.92 Å². The summed E-state index contributed by atoms with van der Waals surface area (Å²) in [6.07, 6.45) is 1.14. The first-order valence-corrected chi connectivity index (χ1v) is 8.34. The fraction of sp³-hybridized carbons (Fsp3) is 0.667. The SMILES string of the molecule is CCNC(c1ccccc1)C(C(C)C)N1CCCOCC1. The highest BCUT2D eigenvalue weighted by Crippen LogP contribution is 2.27. The molecule has 1 aliphatic rings. The second-order valence-corrected chi connectivity index (χ2v) is 6.18. The molecule has 3 nitrogen and oxygen atoms in total. The third-order valence-electron chi connectivity index (χ3n) is 4.29. The molecule has 0 saturated carbocycles. The lowest BCUT2D eigenvalue weighted by molar-refractivity contribution is 0.100. The van der Waals surface area contributed by atoms with Crippen molar-refractivity contribution in [1.82, 2.24) is 10.2 Å². The van der Waals surface area contributed by atoms with E-state index in [4.69, 9.17) is 4.74 Å². The van der Waals surface area contributed by atoms with Crippen LogP contribution in [0.5, 0.6) is 0 Å². The molecule has 1 fully saturated rings. The molecule has 0 aromatic heterocycles. The highest BCUT2D eigenvalue weighted by Gasteiger charge is 2.31. The van der Waals surface area contributed by atoms with Crippen LogP contribution < -0.4 is 5.32 Å². The van der Waals surface area contributed by atoms with Crippen molar-refractivity contribution in [2.45, 2.75) is 39.3 Å². The number of likely N-dealkylation sites (N-methyl/N-ethyl adjacent to an activating group) is 1. The number of hydrogen-bond donors (Lipinski definition) is 1. The van der Waals surface area contributed by atoms with E-state index in [1.807, 2.05) is 0 Å². The quantitative estimate of drug-likeness (QED) is 0.871. The highest BCUT2D eigenvalue weighted by atomic mass is 16.5. The number of rotatable bonds is 6. The Kier molecular flexibility index (Phi) is 6.68. The van der Waals surface area contributed by atoms with Crippen molar-refractivity contribution in [2.75, 3.05) is 32.8 Å². The van der Waals surface area contributed by atoms with Crippen molar-refractivity contribution >= 4 is 0 Å². The zero-order valence-corrected chi connectivity index (χ0v) is 13.7. The van der Waals surface area contributed by atoms with E-state index in [1.165, 1.54) is 5.56 Å². The molecule has 2 rings (SSSR count). The summed E-state index contributed by atoms with van der Waals surface area (Å²) in [6.45, 7) is 11.8. The van der Waals surface area contributed by atoms with Crippen LogP contribution in [0.3, 0.4) is 0 Å². The Bertz CT molecular complexity index is 385. The maximum absolute atomic E-state index is 5.64. The largest absolute Gasteiger partial charge is 0.380 e. The molecule has 21 heavy (non-hydrogen) atoms. The topological polar surface area (TPSA) is 24.5 Å². The monoisotopic (exact) mass is 290 g/mol. The molecule has 2 atom stereocenters. The Morgan fingerprint density at radius 2 is 1.90 bits per heavy atom. The van der Waals surface area contributed by atoms with Crippen LogP contribution in [0, 0.1) is 5.92 Å². The van der Waals surface area contributed by atoms with Gasteiger partial charge in [0.1, 0.15) is 0 Å². The normalized spacial score (nSPS) is 20.2. The molecule has 0 spiro atoms. The number of ether oxygens (including phenoxy) is 1. The van der Waals surface area contributed by atoms with Crippen LogP contribution >= 0.6 is 0 Å². The van der Waals surface area contributed by atoms with Gasteiger partial charge in [-0.3, -0.25) is 4.90 Å². The van der Waals surface area contributed by atoms with Gasteiger partial charge in [0.05, 0.1) is 6.61 Å². The molecule has 0 bridgehead atoms. The summed E-state index contributed by atoms with van der Waals surface area (Å²) in [5.74, 6) is 0.604. The Labute approximate surface area is 129 Å². The van der Waals surface area contributed by atoms with Gasteiger partial charge in [0, 0.05) is 31.8 Å². The molecular weight excluding hydrogens is 260 g/mol. The lowest BCUT2D eigenvalue weighted by Crippen LogP contribution is -2.48. The molecule has 118 valence electrons. The lowest BCUT2D eigenvalue weighted by atomic mass is 9.89. The molecule has 0 radical (unpaired) electrons. The molecule has 0 aliphatic carbocycles. The van der Waals surface area contributed by atoms with Gasteiger partial charge in [-0.2, -0.15) is 0 Å². The first-order valence-electron chi connectivity index (χ1n) is 8.34. The van der Waals surface area contributed by atoms with E-state index in [1.54, 1.807) is 0 Å². The molecule has 3 heteroatoms. The average Bonchev–Trinajstić information content (AvgIpc) is 2.76. The van der Waals surface area contributed by atoms with Gasteiger partial charge in [0.2, 0.25) is 0 Å². The average molecular weight is 290 g/mol. The van der Waals surface area contributed by atoms with Gasteiger partial charge in [-0.15, -0.1) is 0 Å². The van der Waals surface area contributed by atoms with Crippen molar-refractivity contribution < 1.29 is 4.74 Å². The minimum absolute atomic E-state index is 0.384. The Morgan fingerprint density at radius 1 is 1.14 bits per heavy atom. The predicted molar refractivity (Wildman–Crippen MR) is 88.5 cm³/mol. The van der Waals surface area contributed by atoms with Gasteiger partial charge in [0.15, 0.2) is 0 Å². The summed E-state index contributed by atoms with van der Waals surface area (Å²) in [6, 6.07) is 11.8. The Balaban J connectivity index is 2.23. The fourth-order valence-corrected chi connectivity index (χ4v) is 3.40. The number of benzene rings is 1. The van der Waals surface area contributed by atoms with Gasteiger partial charge >= 0.3 is 0 Å². The minimum Gasteiger partial charge on any atom is -0.380 e. The van der Waals surface area contributed by atoms with E-state index in [2.05, 4.69) is 61.3 Å². The number of nitrogens with zero attached hydrogens (tertiary/aromatic N) is 1. The molecule has 1 aromatic rings. The number of nitrogens with one attached hydrogen (secondary N) is 1. The predicted octanol–water partition coefficient (Wildman–Crippen LogP) is 3.08. The van der Waals surface area contributed by atoms with Crippen LogP contribution in [0.4, 0.5) is 0 Å². The van der Waals surface area contributed by atoms with Gasteiger partial charge in [-0.05, 0) is 24.4 Å². The summed E-state index contributed by atoms with van der Waals surface area (Å²) < 4.78 is 5.64. The van der Waals surface area contributed by atoms with Crippen molar-refractivity contribution in [1.29, 1.82) is 0 Å². The van der Waals surface area contributed by atoms with E-state index in [9.17, 15) is 0 Å². The van der Waals surface area contributed by atoms with Gasteiger partial charge in [-0.25, -0.2) is 0 Å². The first kappa shape index (κ1) is 16.5. The summed E-state index contributed by atoms with van der Waals surface area (Å²) in [5, 5.41) is 3.72. The smallest absolute Gasteiger partial charge is 0.0593 e. The van der Waals surface area contributed by atoms with E-state index in [0.717, 1.165) is 39.3 Å². The van der Waals surface area contributed by atoms with E-state index < -0.39 is 0 Å². The summed E-state index contributed by atoms with van der Waals surface area (Å²) in [5.41, 5.74) is 1.39. The standard InChI is InChI=1S/C18H30N2O/c1-4-19-17(16-9-6-5-7-10-16)18(15(2)3)20-11-8-13-21-14-12-20/h5-7,9-10,15,17-19H,4,8,11-14H2,1-3H3. The van der Waals surface area contributed by atoms with Crippen LogP contribution in [0.1, 0.15) is 38.8 Å². The Hall–Kier alpha value is -0.900. The zero-order valence-electron chi connectivity index (χ0n) is 13.7. The van der Waals surface area contributed by atoms with E-state index in [0.29, 0.717) is 18.0 Å². The van der Waals surface area contributed by atoms with Crippen LogP contribution in [0.2, 0.25) is 0 Å². The molecule has 1 heterocycles. The highest BCUT2D eigenvalue weighted by molar-refractivity contribution is 5.21. The summed E-state index contributed by atoms with van der Waals surface area (Å²) in [7, 11) is 0. The molecular formula is C18H30N2O. The van der Waals surface area contributed by atoms with Crippen LogP contribution in [0.15, 0.2) is 30.3 Å². The maximum atomic E-state index is 5.64. The van der Waals surface area contributed by atoms with E-state index in [-0.39, 0.29) is 0 Å². The van der Waals surface area contributed by atoms with Crippen LogP contribution in [0.25, 0.3) is 0 Å². The van der Waals surface area contributed by atoms with E-state index >= 15 is 0 Å². The van der Waals surface area contributed by atoms with Crippen LogP contribution in [-0.4, -0.2) is 43.8 Å². The molecule has 1 aliphatic heterocycles. The third-order valence-corrected chi connectivity index (χ3v) is 4.29. The second-order valence-electron chi connectivity index (χ2n) is 6.18. The number of hydrogen-bond acceptors (Lipinski definition) is 3. The van der Waals surface area contributed by atoms with Crippen molar-refractivity contribution in [3.8, 4) is 0 Å². The molecule has 1 N–H and O–H groups in total. The molecule has 0 amide bonds.